The lowest BCUT2D eigenvalue weighted by Crippen LogP contribution is -2.25. The maximum atomic E-state index is 9.33. The van der Waals surface area contributed by atoms with Crippen LogP contribution < -0.4 is 0 Å². The SMILES string of the molecule is CCCC[C@@H](O)[C@@H](O)CCC. The molecule has 0 rings (SSSR count). The Hall–Kier alpha value is -0.0800. The van der Waals surface area contributed by atoms with E-state index in [1.165, 1.54) is 0 Å². The molecule has 0 spiro atoms. The zero-order valence-corrected chi connectivity index (χ0v) is 7.58. The quantitative estimate of drug-likeness (QED) is 0.621. The molecule has 0 aliphatic carbocycles. The van der Waals surface area contributed by atoms with Crippen LogP contribution >= 0.6 is 0 Å². The van der Waals surface area contributed by atoms with E-state index in [0.29, 0.717) is 6.42 Å². The monoisotopic (exact) mass is 160 g/mol. The Kier molecular flexibility index (Phi) is 6.57. The van der Waals surface area contributed by atoms with Crippen LogP contribution in [0.3, 0.4) is 0 Å². The Labute approximate surface area is 69.2 Å². The van der Waals surface area contributed by atoms with Gasteiger partial charge in [0.2, 0.25) is 0 Å². The fourth-order valence-corrected chi connectivity index (χ4v) is 1.09. The predicted molar refractivity (Wildman–Crippen MR) is 46.4 cm³/mol. The van der Waals surface area contributed by atoms with Crippen LogP contribution in [-0.4, -0.2) is 22.4 Å². The molecule has 2 atom stereocenters. The van der Waals surface area contributed by atoms with Crippen LogP contribution in [0.15, 0.2) is 0 Å². The van der Waals surface area contributed by atoms with Crippen LogP contribution in [0, 0.1) is 0 Å². The summed E-state index contributed by atoms with van der Waals surface area (Å²) in [7, 11) is 0. The molecule has 0 aliphatic rings. The number of hydrogen-bond acceptors (Lipinski definition) is 2. The number of unbranched alkanes of at least 4 members (excludes halogenated alkanes) is 1. The first kappa shape index (κ1) is 10.9. The summed E-state index contributed by atoms with van der Waals surface area (Å²) >= 11 is 0. The van der Waals surface area contributed by atoms with Gasteiger partial charge in [-0.3, -0.25) is 0 Å². The molecule has 0 aliphatic heterocycles. The first-order chi connectivity index (χ1) is 5.22. The maximum absolute atomic E-state index is 9.33. The predicted octanol–water partition coefficient (Wildman–Crippen LogP) is 1.70. The Morgan fingerprint density at radius 3 is 1.91 bits per heavy atom. The lowest BCUT2D eigenvalue weighted by molar-refractivity contribution is 0.00843. The molecule has 0 aromatic rings. The molecule has 11 heavy (non-hydrogen) atoms. The van der Waals surface area contributed by atoms with Gasteiger partial charge in [-0.15, -0.1) is 0 Å². The first-order valence-corrected chi connectivity index (χ1v) is 4.58. The van der Waals surface area contributed by atoms with Crippen molar-refractivity contribution in [2.45, 2.75) is 58.2 Å². The lowest BCUT2D eigenvalue weighted by Gasteiger charge is -2.16. The molecule has 0 unspecified atom stereocenters. The first-order valence-electron chi connectivity index (χ1n) is 4.58. The van der Waals surface area contributed by atoms with Crippen LogP contribution in [0.1, 0.15) is 46.0 Å². The van der Waals surface area contributed by atoms with Crippen LogP contribution in [0.5, 0.6) is 0 Å². The normalized spacial score (nSPS) is 16.4. The highest BCUT2D eigenvalue weighted by Crippen LogP contribution is 2.08. The van der Waals surface area contributed by atoms with E-state index in [4.69, 9.17) is 0 Å². The molecule has 0 saturated carbocycles. The average Bonchev–Trinajstić information content (AvgIpc) is 2.00. The molecule has 0 amide bonds. The fourth-order valence-electron chi connectivity index (χ4n) is 1.09. The van der Waals surface area contributed by atoms with Crippen molar-refractivity contribution < 1.29 is 10.2 Å². The highest BCUT2D eigenvalue weighted by atomic mass is 16.3. The highest BCUT2D eigenvalue weighted by Gasteiger charge is 2.13. The largest absolute Gasteiger partial charge is 0.390 e. The van der Waals surface area contributed by atoms with E-state index in [9.17, 15) is 10.2 Å². The van der Waals surface area contributed by atoms with Crippen molar-refractivity contribution in [2.24, 2.45) is 0 Å². The summed E-state index contributed by atoms with van der Waals surface area (Å²) in [5.41, 5.74) is 0. The van der Waals surface area contributed by atoms with Crippen LogP contribution in [0.4, 0.5) is 0 Å². The van der Waals surface area contributed by atoms with Crippen LogP contribution in [0.2, 0.25) is 0 Å². The summed E-state index contributed by atoms with van der Waals surface area (Å²) in [4.78, 5) is 0. The van der Waals surface area contributed by atoms with E-state index in [1.54, 1.807) is 0 Å². The summed E-state index contributed by atoms with van der Waals surface area (Å²) in [6.45, 7) is 4.09. The van der Waals surface area contributed by atoms with E-state index in [0.717, 1.165) is 25.7 Å². The van der Waals surface area contributed by atoms with E-state index < -0.39 is 12.2 Å². The molecule has 0 heterocycles. The standard InChI is InChI=1S/C9H20O2/c1-3-5-7-9(11)8(10)6-4-2/h8-11H,3-7H2,1-2H3/t8-,9+/m0/s1. The molecular formula is C9H20O2. The lowest BCUT2D eigenvalue weighted by atomic mass is 10.0. The van der Waals surface area contributed by atoms with Gasteiger partial charge in [0.15, 0.2) is 0 Å². The molecule has 0 bridgehead atoms. The van der Waals surface area contributed by atoms with Gasteiger partial charge in [0.25, 0.3) is 0 Å². The summed E-state index contributed by atoms with van der Waals surface area (Å²) < 4.78 is 0. The van der Waals surface area contributed by atoms with Gasteiger partial charge in [-0.05, 0) is 12.8 Å². The second-order valence-electron chi connectivity index (χ2n) is 3.07. The van der Waals surface area contributed by atoms with Gasteiger partial charge in [0.05, 0.1) is 12.2 Å². The number of aliphatic hydroxyl groups excluding tert-OH is 2. The topological polar surface area (TPSA) is 40.5 Å². The summed E-state index contributed by atoms with van der Waals surface area (Å²) in [5, 5.41) is 18.6. The third-order valence-electron chi connectivity index (χ3n) is 1.88. The minimum absolute atomic E-state index is 0.505. The molecular weight excluding hydrogens is 140 g/mol. The van der Waals surface area contributed by atoms with Crippen molar-refractivity contribution in [2.75, 3.05) is 0 Å². The molecule has 2 heteroatoms. The molecule has 0 radical (unpaired) electrons. The average molecular weight is 160 g/mol. The molecule has 0 saturated heterocycles. The number of aliphatic hydroxyl groups is 2. The number of rotatable bonds is 6. The summed E-state index contributed by atoms with van der Waals surface area (Å²) in [6.07, 6.45) is 3.45. The van der Waals surface area contributed by atoms with E-state index in [2.05, 4.69) is 6.92 Å². The minimum Gasteiger partial charge on any atom is -0.390 e. The Balaban J connectivity index is 3.38. The van der Waals surface area contributed by atoms with Gasteiger partial charge in [0.1, 0.15) is 0 Å². The summed E-state index contributed by atoms with van der Waals surface area (Å²) in [6, 6.07) is 0. The fraction of sp³-hybridized carbons (Fsp3) is 1.00. The van der Waals surface area contributed by atoms with Gasteiger partial charge >= 0.3 is 0 Å². The van der Waals surface area contributed by atoms with Gasteiger partial charge < -0.3 is 10.2 Å². The van der Waals surface area contributed by atoms with Crippen molar-refractivity contribution in [1.29, 1.82) is 0 Å². The number of hydrogen-bond donors (Lipinski definition) is 2. The Morgan fingerprint density at radius 1 is 0.909 bits per heavy atom. The van der Waals surface area contributed by atoms with E-state index in [1.807, 2.05) is 6.92 Å². The zero-order valence-electron chi connectivity index (χ0n) is 7.58. The second-order valence-corrected chi connectivity index (χ2v) is 3.07. The highest BCUT2D eigenvalue weighted by molar-refractivity contribution is 4.65. The minimum atomic E-state index is -0.508. The molecule has 2 nitrogen and oxygen atoms in total. The van der Waals surface area contributed by atoms with Gasteiger partial charge in [0, 0.05) is 0 Å². The van der Waals surface area contributed by atoms with Gasteiger partial charge in [-0.1, -0.05) is 33.1 Å². The van der Waals surface area contributed by atoms with Gasteiger partial charge in [-0.2, -0.15) is 0 Å². The third kappa shape index (κ3) is 5.22. The van der Waals surface area contributed by atoms with E-state index >= 15 is 0 Å². The van der Waals surface area contributed by atoms with Crippen molar-refractivity contribution in [3.8, 4) is 0 Å². The van der Waals surface area contributed by atoms with Crippen LogP contribution in [0.25, 0.3) is 0 Å². The second kappa shape index (κ2) is 6.62. The molecule has 0 aromatic carbocycles. The van der Waals surface area contributed by atoms with Crippen molar-refractivity contribution >= 4 is 0 Å². The van der Waals surface area contributed by atoms with E-state index in [-0.39, 0.29) is 0 Å². The molecule has 2 N–H and O–H groups in total. The zero-order chi connectivity index (χ0) is 8.69. The Bertz CT molecular complexity index is 83.6. The Morgan fingerprint density at radius 2 is 1.45 bits per heavy atom. The molecule has 0 aromatic heterocycles. The van der Waals surface area contributed by atoms with Crippen LogP contribution in [-0.2, 0) is 0 Å². The smallest absolute Gasteiger partial charge is 0.0799 e. The maximum Gasteiger partial charge on any atom is 0.0799 e. The van der Waals surface area contributed by atoms with Crippen molar-refractivity contribution in [3.63, 3.8) is 0 Å². The van der Waals surface area contributed by atoms with Crippen molar-refractivity contribution in [3.05, 3.63) is 0 Å². The molecule has 0 fully saturated rings. The van der Waals surface area contributed by atoms with Gasteiger partial charge in [-0.25, -0.2) is 0 Å². The van der Waals surface area contributed by atoms with Crippen molar-refractivity contribution in [1.82, 2.24) is 0 Å². The third-order valence-corrected chi connectivity index (χ3v) is 1.88. The molecule has 68 valence electrons. The summed E-state index contributed by atoms with van der Waals surface area (Å²) in [5.74, 6) is 0.